The Kier molecular flexibility index (Phi) is 7.24. The fourth-order valence-corrected chi connectivity index (χ4v) is 3.74. The molecule has 0 saturated heterocycles. The van der Waals surface area contributed by atoms with Crippen molar-refractivity contribution in [2.45, 2.75) is 13.8 Å². The highest BCUT2D eigenvalue weighted by molar-refractivity contribution is 14.1. The van der Waals surface area contributed by atoms with Crippen LogP contribution < -0.4 is 14.9 Å². The normalized spacial score (nSPS) is 10.8. The van der Waals surface area contributed by atoms with Crippen molar-refractivity contribution in [1.82, 2.24) is 5.43 Å². The largest absolute Gasteiger partial charge is 0.496 e. The van der Waals surface area contributed by atoms with E-state index in [0.29, 0.717) is 5.75 Å². The minimum atomic E-state index is -0.327. The van der Waals surface area contributed by atoms with Crippen LogP contribution in [0.1, 0.15) is 16.7 Å². The number of methoxy groups -OCH3 is 1. The van der Waals surface area contributed by atoms with Crippen molar-refractivity contribution in [2.24, 2.45) is 5.10 Å². The second-order valence-corrected chi connectivity index (χ2v) is 7.39. The minimum absolute atomic E-state index is 0.111. The lowest BCUT2D eigenvalue weighted by atomic mass is 10.1. The van der Waals surface area contributed by atoms with E-state index in [1.165, 1.54) is 0 Å². The number of nitrogens with zero attached hydrogens (tertiary/aromatic N) is 1. The van der Waals surface area contributed by atoms with Crippen molar-refractivity contribution in [1.29, 1.82) is 0 Å². The van der Waals surface area contributed by atoms with Gasteiger partial charge < -0.3 is 9.47 Å². The van der Waals surface area contributed by atoms with Crippen LogP contribution in [0.2, 0.25) is 0 Å². The van der Waals surface area contributed by atoms with Gasteiger partial charge in [0, 0.05) is 0 Å². The van der Waals surface area contributed by atoms with E-state index in [9.17, 15) is 4.79 Å². The van der Waals surface area contributed by atoms with E-state index in [0.717, 1.165) is 30.5 Å². The SMILES string of the molecule is COc1ccc(/C=N\NC(=O)COc2c(C)cc(C)cc2Br)cc1I. The number of carbonyl (C=O) groups is 1. The number of hydrogen-bond donors (Lipinski definition) is 1. The number of halogens is 2. The molecule has 0 radical (unpaired) electrons. The van der Waals surface area contributed by atoms with Crippen LogP contribution >= 0.6 is 38.5 Å². The van der Waals surface area contributed by atoms with Gasteiger partial charge in [-0.2, -0.15) is 5.10 Å². The first-order valence-corrected chi connectivity index (χ1v) is 9.33. The Bertz CT molecular complexity index is 786. The average Bonchev–Trinajstić information content (AvgIpc) is 2.54. The zero-order valence-corrected chi connectivity index (χ0v) is 17.8. The Morgan fingerprint density at radius 3 is 2.72 bits per heavy atom. The fraction of sp³-hybridized carbons (Fsp3) is 0.222. The number of hydrogen-bond acceptors (Lipinski definition) is 4. The summed E-state index contributed by atoms with van der Waals surface area (Å²) in [6, 6.07) is 9.58. The summed E-state index contributed by atoms with van der Waals surface area (Å²) in [4.78, 5) is 11.9. The molecule has 0 unspecified atom stereocenters. The van der Waals surface area contributed by atoms with Gasteiger partial charge in [0.2, 0.25) is 0 Å². The molecule has 0 fully saturated rings. The molecule has 2 aromatic carbocycles. The number of amides is 1. The molecule has 0 saturated carbocycles. The number of aryl methyl sites for hydroxylation is 2. The number of nitrogens with one attached hydrogen (secondary N) is 1. The van der Waals surface area contributed by atoms with E-state index in [2.05, 4.69) is 49.0 Å². The molecule has 2 aromatic rings. The van der Waals surface area contributed by atoms with Gasteiger partial charge in [0.05, 0.1) is 21.4 Å². The molecule has 0 atom stereocenters. The van der Waals surface area contributed by atoms with Crippen LogP contribution in [0.4, 0.5) is 0 Å². The van der Waals surface area contributed by atoms with Crippen LogP contribution in [0.3, 0.4) is 0 Å². The Morgan fingerprint density at radius 2 is 2.08 bits per heavy atom. The maximum absolute atomic E-state index is 11.9. The van der Waals surface area contributed by atoms with E-state index in [-0.39, 0.29) is 12.5 Å². The Morgan fingerprint density at radius 1 is 1.32 bits per heavy atom. The molecule has 5 nitrogen and oxygen atoms in total. The smallest absolute Gasteiger partial charge is 0.277 e. The highest BCUT2D eigenvalue weighted by atomic mass is 127. The molecule has 0 aliphatic rings. The third-order valence-corrected chi connectivity index (χ3v) is 4.73. The van der Waals surface area contributed by atoms with Crippen LogP contribution in [0, 0.1) is 17.4 Å². The van der Waals surface area contributed by atoms with Crippen molar-refractivity contribution in [3.8, 4) is 11.5 Å². The minimum Gasteiger partial charge on any atom is -0.496 e. The fourth-order valence-electron chi connectivity index (χ4n) is 2.20. The molecule has 0 heterocycles. The summed E-state index contributed by atoms with van der Waals surface area (Å²) >= 11 is 5.63. The first-order chi connectivity index (χ1) is 11.9. The molecule has 0 aromatic heterocycles. The number of hydrazone groups is 1. The summed E-state index contributed by atoms with van der Waals surface area (Å²) in [6.07, 6.45) is 1.58. The maximum atomic E-state index is 11.9. The monoisotopic (exact) mass is 516 g/mol. The molecule has 0 aliphatic carbocycles. The molecule has 1 amide bonds. The highest BCUT2D eigenvalue weighted by Crippen LogP contribution is 2.30. The molecule has 132 valence electrons. The van der Waals surface area contributed by atoms with Crippen LogP contribution in [0.5, 0.6) is 11.5 Å². The maximum Gasteiger partial charge on any atom is 0.277 e. The van der Waals surface area contributed by atoms with Crippen molar-refractivity contribution in [2.75, 3.05) is 13.7 Å². The molecule has 1 N–H and O–H groups in total. The lowest BCUT2D eigenvalue weighted by molar-refractivity contribution is -0.123. The molecule has 0 spiro atoms. The molecule has 7 heteroatoms. The summed E-state index contributed by atoms with van der Waals surface area (Å²) < 4.78 is 12.6. The van der Waals surface area contributed by atoms with Gasteiger partial charge in [0.1, 0.15) is 11.5 Å². The topological polar surface area (TPSA) is 59.9 Å². The van der Waals surface area contributed by atoms with Gasteiger partial charge in [-0.15, -0.1) is 0 Å². The summed E-state index contributed by atoms with van der Waals surface area (Å²) in [5, 5.41) is 3.95. The van der Waals surface area contributed by atoms with Crippen molar-refractivity contribution in [3.63, 3.8) is 0 Å². The summed E-state index contributed by atoms with van der Waals surface area (Å²) in [6.45, 7) is 3.83. The van der Waals surface area contributed by atoms with Crippen LogP contribution in [0.15, 0.2) is 39.9 Å². The van der Waals surface area contributed by atoms with E-state index < -0.39 is 0 Å². The second kappa shape index (κ2) is 9.19. The third-order valence-electron chi connectivity index (χ3n) is 3.30. The van der Waals surface area contributed by atoms with E-state index in [1.54, 1.807) is 13.3 Å². The highest BCUT2D eigenvalue weighted by Gasteiger charge is 2.09. The summed E-state index contributed by atoms with van der Waals surface area (Å²) in [7, 11) is 1.62. The van der Waals surface area contributed by atoms with Crippen molar-refractivity contribution in [3.05, 3.63) is 55.1 Å². The predicted molar refractivity (Wildman–Crippen MR) is 111 cm³/mol. The lowest BCUT2D eigenvalue weighted by Crippen LogP contribution is -2.24. The van der Waals surface area contributed by atoms with Gasteiger partial charge in [-0.25, -0.2) is 5.43 Å². The van der Waals surface area contributed by atoms with Gasteiger partial charge in [0.25, 0.3) is 5.91 Å². The molecular weight excluding hydrogens is 499 g/mol. The van der Waals surface area contributed by atoms with Crippen LogP contribution in [-0.2, 0) is 4.79 Å². The molecule has 0 aliphatic heterocycles. The summed E-state index contributed by atoms with van der Waals surface area (Å²) in [5.74, 6) is 1.13. The van der Waals surface area contributed by atoms with Gasteiger partial charge in [-0.3, -0.25) is 4.79 Å². The predicted octanol–water partition coefficient (Wildman–Crippen LogP) is 4.21. The van der Waals surface area contributed by atoms with Gasteiger partial charge >= 0.3 is 0 Å². The van der Waals surface area contributed by atoms with E-state index >= 15 is 0 Å². The molecule has 0 bridgehead atoms. The van der Waals surface area contributed by atoms with Crippen LogP contribution in [0.25, 0.3) is 0 Å². The first-order valence-electron chi connectivity index (χ1n) is 7.45. The van der Waals surface area contributed by atoms with Crippen molar-refractivity contribution < 1.29 is 14.3 Å². The number of ether oxygens (including phenoxy) is 2. The number of rotatable bonds is 6. The van der Waals surface area contributed by atoms with Crippen molar-refractivity contribution >= 4 is 50.6 Å². The number of carbonyl (C=O) groups excluding carboxylic acids is 1. The van der Waals surface area contributed by atoms with Gasteiger partial charge in [-0.05, 0) is 93.3 Å². The lowest BCUT2D eigenvalue weighted by Gasteiger charge is -2.11. The van der Waals surface area contributed by atoms with E-state index in [4.69, 9.17) is 9.47 Å². The Labute approximate surface area is 169 Å². The number of benzene rings is 2. The Balaban J connectivity index is 1.90. The van der Waals surface area contributed by atoms with Gasteiger partial charge in [0.15, 0.2) is 6.61 Å². The zero-order valence-electron chi connectivity index (χ0n) is 14.1. The molecular formula is C18H18BrIN2O3. The quantitative estimate of drug-likeness (QED) is 0.355. The van der Waals surface area contributed by atoms with Gasteiger partial charge in [-0.1, -0.05) is 6.07 Å². The molecule has 2 rings (SSSR count). The standard InChI is InChI=1S/C18H18BrIN2O3/c1-11-6-12(2)18(14(19)7-11)25-10-17(23)22-21-9-13-4-5-16(24-3)15(20)8-13/h4-9H,10H2,1-3H3,(H,22,23)/b21-9-. The first kappa shape index (κ1) is 19.7. The third kappa shape index (κ3) is 5.71. The van der Waals surface area contributed by atoms with E-state index in [1.807, 2.05) is 44.2 Å². The zero-order chi connectivity index (χ0) is 18.4. The summed E-state index contributed by atoms with van der Waals surface area (Å²) in [5.41, 5.74) is 5.41. The second-order valence-electron chi connectivity index (χ2n) is 5.37. The molecule has 25 heavy (non-hydrogen) atoms. The average molecular weight is 517 g/mol. The van der Waals surface area contributed by atoms with Crippen LogP contribution in [-0.4, -0.2) is 25.8 Å². The Hall–Kier alpha value is -1.61.